The van der Waals surface area contributed by atoms with Crippen LogP contribution in [0.25, 0.3) is 10.9 Å². The zero-order valence-electron chi connectivity index (χ0n) is 13.7. The van der Waals surface area contributed by atoms with Crippen molar-refractivity contribution in [2.24, 2.45) is 0 Å². The first-order chi connectivity index (χ1) is 10.6. The first kappa shape index (κ1) is 15.3. The summed E-state index contributed by atoms with van der Waals surface area (Å²) in [5, 5.41) is 4.82. The lowest BCUT2D eigenvalue weighted by atomic mass is 10.0. The van der Waals surface area contributed by atoms with Crippen molar-refractivity contribution >= 4 is 16.6 Å². The van der Waals surface area contributed by atoms with Crippen LogP contribution >= 0.6 is 0 Å². The molecule has 4 heteroatoms. The van der Waals surface area contributed by atoms with Crippen LogP contribution in [0.1, 0.15) is 19.4 Å². The van der Waals surface area contributed by atoms with E-state index in [4.69, 9.17) is 4.74 Å². The Kier molecular flexibility index (Phi) is 4.32. The molecule has 118 valence electrons. The van der Waals surface area contributed by atoms with Gasteiger partial charge in [-0.3, -0.25) is 9.88 Å². The molecule has 1 aromatic heterocycles. The van der Waals surface area contributed by atoms with Crippen LogP contribution in [-0.4, -0.2) is 48.3 Å². The van der Waals surface area contributed by atoms with Crippen molar-refractivity contribution in [3.63, 3.8) is 0 Å². The fraction of sp³-hybridized carbons (Fsp3) is 0.500. The zero-order chi connectivity index (χ0) is 15.6. The number of anilines is 1. The summed E-state index contributed by atoms with van der Waals surface area (Å²) in [4.78, 5) is 6.95. The van der Waals surface area contributed by atoms with Gasteiger partial charge in [0.1, 0.15) is 0 Å². The van der Waals surface area contributed by atoms with Crippen molar-refractivity contribution < 1.29 is 4.74 Å². The minimum Gasteiger partial charge on any atom is -0.383 e. The van der Waals surface area contributed by atoms with Gasteiger partial charge in [-0.2, -0.15) is 0 Å². The summed E-state index contributed by atoms with van der Waals surface area (Å²) in [6, 6.07) is 8.46. The van der Waals surface area contributed by atoms with Gasteiger partial charge in [0.05, 0.1) is 18.7 Å². The van der Waals surface area contributed by atoms with Crippen LogP contribution in [0, 0.1) is 6.92 Å². The molecule has 1 aliphatic rings. The monoisotopic (exact) mass is 299 g/mol. The zero-order valence-corrected chi connectivity index (χ0v) is 13.7. The third kappa shape index (κ3) is 3.23. The van der Waals surface area contributed by atoms with E-state index < -0.39 is 0 Å². The minimum atomic E-state index is 0.100. The third-order valence-electron chi connectivity index (χ3n) is 4.48. The molecule has 2 aromatic rings. The lowest BCUT2D eigenvalue weighted by molar-refractivity contribution is -0.00567. The topological polar surface area (TPSA) is 37.4 Å². The molecule has 0 amide bonds. The number of hydrogen-bond donors (Lipinski definition) is 1. The molecule has 2 heterocycles. The van der Waals surface area contributed by atoms with E-state index in [1.807, 2.05) is 6.20 Å². The number of morpholine rings is 1. The maximum atomic E-state index is 5.46. The first-order valence-electron chi connectivity index (χ1n) is 7.98. The van der Waals surface area contributed by atoms with E-state index >= 15 is 0 Å². The highest BCUT2D eigenvalue weighted by molar-refractivity contribution is 5.91. The maximum Gasteiger partial charge on any atom is 0.0722 e. The maximum absolute atomic E-state index is 5.46. The SMILES string of the molecule is Cc1ccc2nccc(NCC(C)(C)N3CCOCC3)c2c1. The average Bonchev–Trinajstić information content (AvgIpc) is 2.54. The predicted octanol–water partition coefficient (Wildman–Crippen LogP) is 3.07. The minimum absolute atomic E-state index is 0.100. The normalized spacial score (nSPS) is 16.9. The molecule has 1 N–H and O–H groups in total. The molecular weight excluding hydrogens is 274 g/mol. The molecule has 1 aliphatic heterocycles. The highest BCUT2D eigenvalue weighted by atomic mass is 16.5. The molecule has 4 nitrogen and oxygen atoms in total. The van der Waals surface area contributed by atoms with Gasteiger partial charge in [-0.15, -0.1) is 0 Å². The number of benzene rings is 1. The summed E-state index contributed by atoms with van der Waals surface area (Å²) in [7, 11) is 0. The smallest absolute Gasteiger partial charge is 0.0722 e. The van der Waals surface area contributed by atoms with E-state index in [0.29, 0.717) is 0 Å². The molecule has 0 radical (unpaired) electrons. The average molecular weight is 299 g/mol. The Bertz CT molecular complexity index is 648. The van der Waals surface area contributed by atoms with Crippen molar-refractivity contribution in [1.82, 2.24) is 9.88 Å². The molecule has 1 aromatic carbocycles. The van der Waals surface area contributed by atoms with Crippen LogP contribution < -0.4 is 5.32 Å². The van der Waals surface area contributed by atoms with Gasteiger partial charge in [-0.05, 0) is 39.0 Å². The summed E-state index contributed by atoms with van der Waals surface area (Å²) in [6.07, 6.45) is 1.88. The molecule has 1 fully saturated rings. The van der Waals surface area contributed by atoms with Gasteiger partial charge in [0.25, 0.3) is 0 Å². The Balaban J connectivity index is 1.77. The van der Waals surface area contributed by atoms with Crippen LogP contribution in [0.15, 0.2) is 30.5 Å². The quantitative estimate of drug-likeness (QED) is 0.941. The van der Waals surface area contributed by atoms with Gasteiger partial charge in [0.15, 0.2) is 0 Å². The number of fused-ring (bicyclic) bond motifs is 1. The molecule has 0 saturated carbocycles. The van der Waals surface area contributed by atoms with Gasteiger partial charge >= 0.3 is 0 Å². The number of nitrogens with zero attached hydrogens (tertiary/aromatic N) is 2. The lowest BCUT2D eigenvalue weighted by Crippen LogP contribution is -2.53. The number of pyridine rings is 1. The Morgan fingerprint density at radius 2 is 2.00 bits per heavy atom. The van der Waals surface area contributed by atoms with Crippen molar-refractivity contribution in [3.8, 4) is 0 Å². The number of nitrogens with one attached hydrogen (secondary N) is 1. The van der Waals surface area contributed by atoms with Crippen molar-refractivity contribution in [2.45, 2.75) is 26.3 Å². The number of hydrogen-bond acceptors (Lipinski definition) is 4. The van der Waals surface area contributed by atoms with Crippen LogP contribution in [0.3, 0.4) is 0 Å². The largest absolute Gasteiger partial charge is 0.383 e. The number of ether oxygens (including phenoxy) is 1. The summed E-state index contributed by atoms with van der Waals surface area (Å²) in [6.45, 7) is 11.3. The van der Waals surface area contributed by atoms with Crippen LogP contribution in [0.5, 0.6) is 0 Å². The van der Waals surface area contributed by atoms with E-state index in [-0.39, 0.29) is 5.54 Å². The Morgan fingerprint density at radius 1 is 1.23 bits per heavy atom. The summed E-state index contributed by atoms with van der Waals surface area (Å²) >= 11 is 0. The first-order valence-corrected chi connectivity index (χ1v) is 7.98. The Labute approximate surface area is 132 Å². The second-order valence-corrected chi connectivity index (χ2v) is 6.64. The number of rotatable bonds is 4. The van der Waals surface area contributed by atoms with E-state index in [9.17, 15) is 0 Å². The van der Waals surface area contributed by atoms with Crippen molar-refractivity contribution in [2.75, 3.05) is 38.2 Å². The molecule has 0 atom stereocenters. The standard InChI is InChI=1S/C18H25N3O/c1-14-4-5-16-15(12-14)17(6-7-19-16)20-13-18(2,3)21-8-10-22-11-9-21/h4-7,12H,8-11,13H2,1-3H3,(H,19,20). The summed E-state index contributed by atoms with van der Waals surface area (Å²) in [5.41, 5.74) is 3.56. The predicted molar refractivity (Wildman–Crippen MR) is 91.4 cm³/mol. The van der Waals surface area contributed by atoms with Gasteiger partial charge in [0.2, 0.25) is 0 Å². The van der Waals surface area contributed by atoms with Gasteiger partial charge in [0, 0.05) is 42.4 Å². The Hall–Kier alpha value is -1.65. The molecule has 0 unspecified atom stereocenters. The van der Waals surface area contributed by atoms with E-state index in [1.165, 1.54) is 10.9 Å². The number of aryl methyl sites for hydroxylation is 1. The molecule has 0 aliphatic carbocycles. The van der Waals surface area contributed by atoms with Gasteiger partial charge < -0.3 is 10.1 Å². The van der Waals surface area contributed by atoms with E-state index in [1.54, 1.807) is 0 Å². The molecular formula is C18H25N3O. The van der Waals surface area contributed by atoms with Crippen LogP contribution in [0.2, 0.25) is 0 Å². The second kappa shape index (κ2) is 6.23. The highest BCUT2D eigenvalue weighted by Gasteiger charge is 2.28. The lowest BCUT2D eigenvalue weighted by Gasteiger charge is -2.41. The van der Waals surface area contributed by atoms with E-state index in [2.05, 4.69) is 60.2 Å². The number of aromatic nitrogens is 1. The summed E-state index contributed by atoms with van der Waals surface area (Å²) < 4.78 is 5.46. The van der Waals surface area contributed by atoms with Gasteiger partial charge in [-0.25, -0.2) is 0 Å². The molecule has 3 rings (SSSR count). The Morgan fingerprint density at radius 3 is 2.77 bits per heavy atom. The van der Waals surface area contributed by atoms with Gasteiger partial charge in [-0.1, -0.05) is 11.6 Å². The second-order valence-electron chi connectivity index (χ2n) is 6.64. The van der Waals surface area contributed by atoms with Crippen molar-refractivity contribution in [1.29, 1.82) is 0 Å². The summed E-state index contributed by atoms with van der Waals surface area (Å²) in [5.74, 6) is 0. The van der Waals surface area contributed by atoms with Crippen molar-refractivity contribution in [3.05, 3.63) is 36.0 Å². The van der Waals surface area contributed by atoms with E-state index in [0.717, 1.165) is 44.1 Å². The molecule has 0 spiro atoms. The molecule has 1 saturated heterocycles. The fourth-order valence-corrected chi connectivity index (χ4v) is 3.01. The van der Waals surface area contributed by atoms with Crippen LogP contribution in [0.4, 0.5) is 5.69 Å². The highest BCUT2D eigenvalue weighted by Crippen LogP contribution is 2.24. The van der Waals surface area contributed by atoms with Crippen LogP contribution in [-0.2, 0) is 4.74 Å². The fourth-order valence-electron chi connectivity index (χ4n) is 3.01. The molecule has 22 heavy (non-hydrogen) atoms. The molecule has 0 bridgehead atoms. The third-order valence-corrected chi connectivity index (χ3v) is 4.48.